The summed E-state index contributed by atoms with van der Waals surface area (Å²) in [5.74, 6) is 0.382. The van der Waals surface area contributed by atoms with Gasteiger partial charge in [0.05, 0.1) is 12.8 Å². The molecule has 2 aliphatic rings. The summed E-state index contributed by atoms with van der Waals surface area (Å²) >= 11 is 0. The van der Waals surface area contributed by atoms with Crippen LogP contribution in [-0.4, -0.2) is 55.5 Å². The van der Waals surface area contributed by atoms with Gasteiger partial charge in [-0.05, 0) is 63.5 Å². The van der Waals surface area contributed by atoms with Crippen LogP contribution in [0.15, 0.2) is 40.4 Å². The van der Waals surface area contributed by atoms with Gasteiger partial charge in [-0.15, -0.1) is 4.40 Å². The van der Waals surface area contributed by atoms with Crippen LogP contribution in [0.3, 0.4) is 0 Å². The molecule has 2 heterocycles. The van der Waals surface area contributed by atoms with Crippen LogP contribution in [0, 0.1) is 0 Å². The Morgan fingerprint density at radius 3 is 2.30 bits per heavy atom. The molecule has 0 saturated carbocycles. The molecule has 2 atom stereocenters. The van der Waals surface area contributed by atoms with Gasteiger partial charge in [0.2, 0.25) is 0 Å². The van der Waals surface area contributed by atoms with E-state index >= 15 is 0 Å². The molecule has 0 bridgehead atoms. The Labute approximate surface area is 160 Å². The van der Waals surface area contributed by atoms with E-state index in [2.05, 4.69) is 4.40 Å². The number of carbonyl (C=O) groups excluding carboxylic acids is 1. The molecular weight excluding hydrogens is 366 g/mol. The fraction of sp³-hybridized carbons (Fsp3) is 0.474. The van der Waals surface area contributed by atoms with E-state index in [0.29, 0.717) is 11.3 Å². The third kappa shape index (κ3) is 3.71. The average Bonchev–Trinajstić information content (AvgIpc) is 2.63. The number of hydrogen-bond acceptors (Lipinski definition) is 4. The van der Waals surface area contributed by atoms with Gasteiger partial charge in [-0.2, -0.15) is 8.42 Å². The van der Waals surface area contributed by atoms with Crippen LogP contribution in [0.2, 0.25) is 0 Å². The molecule has 7 nitrogen and oxygen atoms in total. The average molecular weight is 391 g/mol. The fourth-order valence-electron chi connectivity index (χ4n) is 3.60. The summed E-state index contributed by atoms with van der Waals surface area (Å²) in [5, 5.41) is 0. The largest absolute Gasteiger partial charge is 0.497 e. The summed E-state index contributed by atoms with van der Waals surface area (Å²) in [6.45, 7) is 4.01. The predicted octanol–water partition coefficient (Wildman–Crippen LogP) is 2.35. The van der Waals surface area contributed by atoms with E-state index in [9.17, 15) is 13.2 Å². The van der Waals surface area contributed by atoms with Crippen molar-refractivity contribution >= 4 is 21.8 Å². The van der Waals surface area contributed by atoms with Crippen molar-refractivity contribution in [3.05, 3.63) is 41.6 Å². The summed E-state index contributed by atoms with van der Waals surface area (Å²) in [7, 11) is -1.04. The highest BCUT2D eigenvalue weighted by Crippen LogP contribution is 2.28. The number of rotatable bonds is 3. The second kappa shape index (κ2) is 7.34. The zero-order valence-corrected chi connectivity index (χ0v) is 16.9. The molecule has 1 aromatic carbocycles. The third-order valence-electron chi connectivity index (χ3n) is 5.21. The molecular formula is C19H25N3O4S. The summed E-state index contributed by atoms with van der Waals surface area (Å²) in [6.07, 6.45) is 4.45. The molecule has 0 radical (unpaired) electrons. The van der Waals surface area contributed by atoms with E-state index in [1.165, 1.54) is 7.05 Å². The number of hydrogen-bond donors (Lipinski definition) is 0. The summed E-state index contributed by atoms with van der Waals surface area (Å²) in [6, 6.07) is 7.05. The Kier molecular flexibility index (Phi) is 5.28. The van der Waals surface area contributed by atoms with E-state index in [1.807, 2.05) is 13.8 Å². The summed E-state index contributed by atoms with van der Waals surface area (Å²) in [5.41, 5.74) is 0.977. The van der Waals surface area contributed by atoms with Crippen LogP contribution in [0.4, 0.5) is 0 Å². The van der Waals surface area contributed by atoms with Crippen LogP contribution in [0.5, 0.6) is 5.75 Å². The Morgan fingerprint density at radius 2 is 1.74 bits per heavy atom. The van der Waals surface area contributed by atoms with Crippen molar-refractivity contribution in [1.29, 1.82) is 0 Å². The first-order valence-electron chi connectivity index (χ1n) is 9.02. The highest BCUT2D eigenvalue weighted by atomic mass is 32.2. The quantitative estimate of drug-likeness (QED) is 0.792. The molecule has 0 aromatic heterocycles. The number of allylic oxidation sites excluding steroid dienone is 1. The molecule has 1 amide bonds. The minimum absolute atomic E-state index is 0.0709. The van der Waals surface area contributed by atoms with E-state index in [-0.39, 0.29) is 29.4 Å². The van der Waals surface area contributed by atoms with Gasteiger partial charge in [0.15, 0.2) is 0 Å². The van der Waals surface area contributed by atoms with Gasteiger partial charge in [-0.25, -0.2) is 4.31 Å². The summed E-state index contributed by atoms with van der Waals surface area (Å²) < 4.78 is 35.1. The molecule has 2 aliphatic heterocycles. The SMILES string of the molecule is COc1ccc(C2=NS(=O)(=O)N(C)C(C(=O)N3[C@H](C)CCC[C@@H]3C)=C2)cc1. The first kappa shape index (κ1) is 19.4. The maximum atomic E-state index is 13.2. The molecule has 27 heavy (non-hydrogen) atoms. The number of likely N-dealkylation sites (N-methyl/N-ethyl adjacent to an activating group) is 1. The first-order chi connectivity index (χ1) is 12.7. The number of piperidine rings is 1. The number of carbonyl (C=O) groups is 1. The number of amides is 1. The highest BCUT2D eigenvalue weighted by Gasteiger charge is 2.36. The molecule has 0 spiro atoms. The molecule has 1 saturated heterocycles. The Morgan fingerprint density at radius 1 is 1.15 bits per heavy atom. The number of nitrogens with zero attached hydrogens (tertiary/aromatic N) is 3. The molecule has 8 heteroatoms. The second-order valence-corrected chi connectivity index (χ2v) is 8.65. The van der Waals surface area contributed by atoms with Gasteiger partial charge in [-0.3, -0.25) is 4.79 Å². The van der Waals surface area contributed by atoms with Crippen LogP contribution < -0.4 is 4.74 Å². The van der Waals surface area contributed by atoms with Crippen molar-refractivity contribution in [2.75, 3.05) is 14.2 Å². The molecule has 146 valence electrons. The normalized spacial score (nSPS) is 24.9. The Bertz CT molecular complexity index is 880. The standard InChI is InChI=1S/C19H25N3O4S/c1-13-6-5-7-14(2)22(13)19(23)18-12-17(20-27(24,25)21(18)3)15-8-10-16(26-4)11-9-15/h8-14H,5-7H2,1-4H3/t13-,14+. The second-order valence-electron chi connectivity index (χ2n) is 7.02. The van der Waals surface area contributed by atoms with Gasteiger partial charge in [0.25, 0.3) is 5.91 Å². The predicted molar refractivity (Wildman–Crippen MR) is 104 cm³/mol. The molecule has 0 unspecified atom stereocenters. The van der Waals surface area contributed by atoms with E-state index < -0.39 is 10.2 Å². The molecule has 0 aliphatic carbocycles. The van der Waals surface area contributed by atoms with E-state index in [4.69, 9.17) is 4.74 Å². The van der Waals surface area contributed by atoms with Crippen LogP contribution in [-0.2, 0) is 15.0 Å². The topological polar surface area (TPSA) is 79.3 Å². The van der Waals surface area contributed by atoms with Gasteiger partial charge in [0.1, 0.15) is 11.4 Å². The fourth-order valence-corrected chi connectivity index (χ4v) is 4.51. The number of benzene rings is 1. The van der Waals surface area contributed by atoms with Gasteiger partial charge in [-0.1, -0.05) is 0 Å². The lowest BCUT2D eigenvalue weighted by Crippen LogP contribution is -2.50. The lowest BCUT2D eigenvalue weighted by atomic mass is 9.97. The van der Waals surface area contributed by atoms with E-state index in [0.717, 1.165) is 23.6 Å². The van der Waals surface area contributed by atoms with Gasteiger partial charge >= 0.3 is 10.2 Å². The first-order valence-corrected chi connectivity index (χ1v) is 10.4. The molecule has 0 N–H and O–H groups in total. The minimum atomic E-state index is -3.97. The van der Waals surface area contributed by atoms with Crippen LogP contribution in [0.25, 0.3) is 0 Å². The van der Waals surface area contributed by atoms with Crippen molar-refractivity contribution in [3.8, 4) is 5.75 Å². The maximum absolute atomic E-state index is 13.2. The van der Waals surface area contributed by atoms with Crippen molar-refractivity contribution in [1.82, 2.24) is 9.21 Å². The van der Waals surface area contributed by atoms with Crippen molar-refractivity contribution in [2.24, 2.45) is 4.40 Å². The smallest absolute Gasteiger partial charge is 0.345 e. The zero-order chi connectivity index (χ0) is 19.8. The van der Waals surface area contributed by atoms with Crippen LogP contribution >= 0.6 is 0 Å². The maximum Gasteiger partial charge on any atom is 0.345 e. The number of ether oxygens (including phenoxy) is 1. The lowest BCUT2D eigenvalue weighted by molar-refractivity contribution is -0.134. The molecule has 3 rings (SSSR count). The third-order valence-corrected chi connectivity index (χ3v) is 6.52. The zero-order valence-electron chi connectivity index (χ0n) is 16.0. The van der Waals surface area contributed by atoms with Crippen molar-refractivity contribution in [2.45, 2.75) is 45.2 Å². The van der Waals surface area contributed by atoms with Gasteiger partial charge in [0, 0.05) is 24.7 Å². The van der Waals surface area contributed by atoms with Gasteiger partial charge < -0.3 is 9.64 Å². The number of methoxy groups -OCH3 is 1. The van der Waals surface area contributed by atoms with Crippen LogP contribution in [0.1, 0.15) is 38.7 Å². The Hall–Kier alpha value is -2.35. The molecule has 1 fully saturated rings. The van der Waals surface area contributed by atoms with Crippen molar-refractivity contribution < 1.29 is 17.9 Å². The lowest BCUT2D eigenvalue weighted by Gasteiger charge is -2.40. The number of likely N-dealkylation sites (tertiary alicyclic amines) is 1. The van der Waals surface area contributed by atoms with E-state index in [1.54, 1.807) is 42.4 Å². The monoisotopic (exact) mass is 391 g/mol. The van der Waals surface area contributed by atoms with Crippen molar-refractivity contribution in [3.63, 3.8) is 0 Å². The highest BCUT2D eigenvalue weighted by molar-refractivity contribution is 7.88. The Balaban J connectivity index is 2.01. The molecule has 1 aromatic rings. The minimum Gasteiger partial charge on any atom is -0.497 e. The summed E-state index contributed by atoms with van der Waals surface area (Å²) in [4.78, 5) is 15.0.